The van der Waals surface area contributed by atoms with Gasteiger partial charge in [-0.3, -0.25) is 4.90 Å². The Morgan fingerprint density at radius 1 is 0.920 bits per heavy atom. The highest BCUT2D eigenvalue weighted by molar-refractivity contribution is 5.44. The largest absolute Gasteiger partial charge is 0.369 e. The second kappa shape index (κ2) is 8.29. The summed E-state index contributed by atoms with van der Waals surface area (Å²) in [5.41, 5.74) is -0.388. The number of hydrogen-bond acceptors (Lipinski definition) is 2. The van der Waals surface area contributed by atoms with Crippen molar-refractivity contribution in [3.63, 3.8) is 0 Å². The summed E-state index contributed by atoms with van der Waals surface area (Å²) in [5, 5.41) is 11.3. The van der Waals surface area contributed by atoms with E-state index in [-0.39, 0.29) is 5.82 Å². The van der Waals surface area contributed by atoms with Crippen LogP contribution in [0.1, 0.15) is 36.8 Å². The number of likely N-dealkylation sites (tertiary alicyclic amines) is 1. The zero-order valence-corrected chi connectivity index (χ0v) is 14.4. The molecule has 1 atom stereocenters. The summed E-state index contributed by atoms with van der Waals surface area (Å²) < 4.78 is 13.7. The molecule has 3 rings (SSSR count). The fraction of sp³-hybridized carbons (Fsp3) is 0.364. The zero-order valence-electron chi connectivity index (χ0n) is 14.4. The van der Waals surface area contributed by atoms with E-state index in [4.69, 9.17) is 0 Å². The van der Waals surface area contributed by atoms with E-state index in [1.165, 1.54) is 37.8 Å². The minimum Gasteiger partial charge on any atom is -0.369 e. The van der Waals surface area contributed by atoms with Gasteiger partial charge in [-0.15, -0.1) is 0 Å². The Balaban J connectivity index is 1.89. The first-order valence-corrected chi connectivity index (χ1v) is 8.95. The van der Waals surface area contributed by atoms with Crippen LogP contribution in [-0.2, 0) is 5.60 Å². The molecule has 0 aliphatic carbocycles. The molecule has 3 heteroatoms. The molecule has 130 valence electrons. The van der Waals surface area contributed by atoms with Gasteiger partial charge >= 0.3 is 0 Å². The van der Waals surface area contributed by atoms with Crippen LogP contribution in [0.2, 0.25) is 0 Å². The van der Waals surface area contributed by atoms with Gasteiger partial charge in [-0.05, 0) is 38.1 Å². The highest BCUT2D eigenvalue weighted by atomic mass is 19.1. The van der Waals surface area contributed by atoms with Crippen LogP contribution >= 0.6 is 0 Å². The molecule has 0 aromatic heterocycles. The molecule has 0 saturated carbocycles. The van der Waals surface area contributed by atoms with Crippen molar-refractivity contribution < 1.29 is 9.50 Å². The van der Waals surface area contributed by atoms with E-state index in [2.05, 4.69) is 16.7 Å². The quantitative estimate of drug-likeness (QED) is 0.858. The summed E-state index contributed by atoms with van der Waals surface area (Å²) in [5.74, 6) is 5.79. The second-order valence-corrected chi connectivity index (χ2v) is 6.58. The van der Waals surface area contributed by atoms with E-state index < -0.39 is 5.60 Å². The summed E-state index contributed by atoms with van der Waals surface area (Å²) in [7, 11) is 0. The topological polar surface area (TPSA) is 23.5 Å². The smallest absolute Gasteiger partial charge is 0.177 e. The lowest BCUT2D eigenvalue weighted by Crippen LogP contribution is -2.28. The Labute approximate surface area is 149 Å². The average molecular weight is 337 g/mol. The summed E-state index contributed by atoms with van der Waals surface area (Å²) in [6, 6.07) is 15.3. The van der Waals surface area contributed by atoms with Crippen molar-refractivity contribution in [3.05, 3.63) is 71.5 Å². The van der Waals surface area contributed by atoms with Gasteiger partial charge in [0.2, 0.25) is 0 Å². The monoisotopic (exact) mass is 337 g/mol. The van der Waals surface area contributed by atoms with Gasteiger partial charge in [0.15, 0.2) is 5.60 Å². The van der Waals surface area contributed by atoms with Gasteiger partial charge < -0.3 is 5.11 Å². The molecule has 0 unspecified atom stereocenters. The third kappa shape index (κ3) is 4.48. The maximum atomic E-state index is 13.7. The van der Waals surface area contributed by atoms with Crippen molar-refractivity contribution in [1.29, 1.82) is 0 Å². The van der Waals surface area contributed by atoms with Gasteiger partial charge in [0.25, 0.3) is 0 Å². The normalized spacial score (nSPS) is 17.8. The van der Waals surface area contributed by atoms with Crippen LogP contribution in [0.5, 0.6) is 0 Å². The van der Waals surface area contributed by atoms with E-state index in [1.54, 1.807) is 12.1 Å². The van der Waals surface area contributed by atoms with E-state index in [0.29, 0.717) is 17.7 Å². The third-order valence-corrected chi connectivity index (χ3v) is 4.70. The lowest BCUT2D eigenvalue weighted by Gasteiger charge is -2.24. The molecule has 1 heterocycles. The SMILES string of the molecule is O[C@](C#CCN1CCCCCC1)(c1ccccc1)c1cccc(F)c1. The molecule has 0 bridgehead atoms. The average Bonchev–Trinajstić information content (AvgIpc) is 2.91. The zero-order chi connectivity index (χ0) is 17.5. The van der Waals surface area contributed by atoms with E-state index in [1.807, 2.05) is 30.3 Å². The van der Waals surface area contributed by atoms with E-state index in [9.17, 15) is 9.50 Å². The molecule has 1 aliphatic rings. The first kappa shape index (κ1) is 17.7. The molecule has 2 aromatic rings. The molecule has 1 saturated heterocycles. The Bertz CT molecular complexity index is 741. The summed E-state index contributed by atoms with van der Waals surface area (Å²) in [4.78, 5) is 2.33. The number of benzene rings is 2. The maximum Gasteiger partial charge on any atom is 0.177 e. The van der Waals surface area contributed by atoms with Gasteiger partial charge in [0.1, 0.15) is 5.82 Å². The highest BCUT2D eigenvalue weighted by Crippen LogP contribution is 2.29. The first-order chi connectivity index (χ1) is 12.2. The lowest BCUT2D eigenvalue weighted by atomic mass is 9.87. The number of halogens is 1. The van der Waals surface area contributed by atoms with Crippen LogP contribution in [0.25, 0.3) is 0 Å². The Hall–Kier alpha value is -2.15. The summed E-state index contributed by atoms with van der Waals surface area (Å²) >= 11 is 0. The molecule has 0 spiro atoms. The lowest BCUT2D eigenvalue weighted by molar-refractivity contribution is 0.144. The summed E-state index contributed by atoms with van der Waals surface area (Å²) in [6.45, 7) is 2.74. The van der Waals surface area contributed by atoms with Crippen molar-refractivity contribution in [2.45, 2.75) is 31.3 Å². The predicted molar refractivity (Wildman–Crippen MR) is 98.5 cm³/mol. The van der Waals surface area contributed by atoms with Crippen molar-refractivity contribution in [1.82, 2.24) is 4.90 Å². The molecule has 0 radical (unpaired) electrons. The molecule has 0 amide bonds. The first-order valence-electron chi connectivity index (χ1n) is 8.95. The van der Waals surface area contributed by atoms with Gasteiger partial charge in [0, 0.05) is 11.1 Å². The minimum atomic E-state index is -1.50. The second-order valence-electron chi connectivity index (χ2n) is 6.58. The van der Waals surface area contributed by atoms with Gasteiger partial charge in [-0.2, -0.15) is 0 Å². The van der Waals surface area contributed by atoms with Crippen LogP contribution in [-0.4, -0.2) is 29.6 Å². The number of rotatable bonds is 3. The van der Waals surface area contributed by atoms with Crippen LogP contribution in [0.4, 0.5) is 4.39 Å². The molecule has 1 N–H and O–H groups in total. The van der Waals surface area contributed by atoms with Gasteiger partial charge in [-0.25, -0.2) is 4.39 Å². The highest BCUT2D eigenvalue weighted by Gasteiger charge is 2.29. The van der Waals surface area contributed by atoms with Crippen LogP contribution < -0.4 is 0 Å². The predicted octanol–water partition coefficient (Wildman–Crippen LogP) is 3.94. The fourth-order valence-electron chi connectivity index (χ4n) is 3.28. The Morgan fingerprint density at radius 2 is 1.60 bits per heavy atom. The molecule has 1 fully saturated rings. The third-order valence-electron chi connectivity index (χ3n) is 4.70. The molecular weight excluding hydrogens is 313 g/mol. The van der Waals surface area contributed by atoms with Gasteiger partial charge in [-0.1, -0.05) is 67.1 Å². The van der Waals surface area contributed by atoms with Crippen molar-refractivity contribution >= 4 is 0 Å². The standard InChI is InChI=1S/C22H24FNO/c23-21-13-8-12-20(18-21)22(25,19-10-4-3-5-11-19)14-9-17-24-15-6-1-2-7-16-24/h3-5,8,10-13,18,25H,1-2,6-7,15-17H2/t22-/m1/s1. The van der Waals surface area contributed by atoms with E-state index >= 15 is 0 Å². The van der Waals surface area contributed by atoms with Crippen molar-refractivity contribution in [2.75, 3.05) is 19.6 Å². The van der Waals surface area contributed by atoms with Crippen molar-refractivity contribution in [2.24, 2.45) is 0 Å². The minimum absolute atomic E-state index is 0.374. The molecule has 25 heavy (non-hydrogen) atoms. The summed E-state index contributed by atoms with van der Waals surface area (Å²) in [6.07, 6.45) is 4.96. The Morgan fingerprint density at radius 3 is 2.28 bits per heavy atom. The molecule has 2 nitrogen and oxygen atoms in total. The number of nitrogens with zero attached hydrogens (tertiary/aromatic N) is 1. The van der Waals surface area contributed by atoms with Crippen molar-refractivity contribution in [3.8, 4) is 11.8 Å². The van der Waals surface area contributed by atoms with E-state index in [0.717, 1.165) is 13.1 Å². The Kier molecular flexibility index (Phi) is 5.86. The van der Waals surface area contributed by atoms with Crippen LogP contribution in [0, 0.1) is 17.7 Å². The van der Waals surface area contributed by atoms with Crippen LogP contribution in [0.15, 0.2) is 54.6 Å². The fourth-order valence-corrected chi connectivity index (χ4v) is 3.28. The molecular formula is C22H24FNO. The van der Waals surface area contributed by atoms with Crippen LogP contribution in [0.3, 0.4) is 0 Å². The maximum absolute atomic E-state index is 13.7. The molecule has 1 aliphatic heterocycles. The number of hydrogen-bond donors (Lipinski definition) is 1. The molecule has 2 aromatic carbocycles. The van der Waals surface area contributed by atoms with Gasteiger partial charge in [0.05, 0.1) is 6.54 Å². The number of aliphatic hydroxyl groups is 1.